The summed E-state index contributed by atoms with van der Waals surface area (Å²) in [6.45, 7) is 10.6. The van der Waals surface area contributed by atoms with Gasteiger partial charge in [-0.25, -0.2) is 19.2 Å². The Bertz CT molecular complexity index is 2430. The number of nitrogens with one attached hydrogen (secondary N) is 3. The molecule has 1 aromatic carbocycles. The van der Waals surface area contributed by atoms with Gasteiger partial charge in [-0.15, -0.1) is 0 Å². The van der Waals surface area contributed by atoms with Crippen LogP contribution in [0.25, 0.3) is 11.5 Å². The zero-order valence-electron chi connectivity index (χ0n) is 33.4. The second kappa shape index (κ2) is 19.1. The number of benzene rings is 1. The molecule has 0 bridgehead atoms. The third-order valence-corrected chi connectivity index (χ3v) is 10.7. The van der Waals surface area contributed by atoms with Crippen LogP contribution < -0.4 is 16.0 Å². The van der Waals surface area contributed by atoms with E-state index < -0.39 is 0 Å². The van der Waals surface area contributed by atoms with E-state index >= 15 is 0 Å². The number of piperidine rings is 1. The maximum Gasteiger partial charge on any atom is 0.255 e. The molecular formula is C42H46Cl2N10O6. The molecule has 7 rings (SSSR count). The van der Waals surface area contributed by atoms with Gasteiger partial charge in [-0.1, -0.05) is 49.7 Å². The van der Waals surface area contributed by atoms with Crippen LogP contribution in [0.1, 0.15) is 77.3 Å². The molecule has 18 heteroatoms. The summed E-state index contributed by atoms with van der Waals surface area (Å²) in [5.74, 6) is 0.161. The molecule has 6 heterocycles. The van der Waals surface area contributed by atoms with E-state index in [4.69, 9.17) is 32.7 Å². The van der Waals surface area contributed by atoms with Crippen LogP contribution in [0.4, 0.5) is 5.69 Å². The van der Waals surface area contributed by atoms with E-state index in [1.165, 1.54) is 4.68 Å². The van der Waals surface area contributed by atoms with Gasteiger partial charge in [-0.2, -0.15) is 10.2 Å². The average Bonchev–Trinajstić information content (AvgIpc) is 3.93. The molecule has 1 atom stereocenters. The van der Waals surface area contributed by atoms with Gasteiger partial charge in [0.15, 0.2) is 16.6 Å². The molecule has 0 spiro atoms. The molecule has 5 aromatic rings. The van der Waals surface area contributed by atoms with E-state index in [1.807, 2.05) is 32.0 Å². The fourth-order valence-corrected chi connectivity index (χ4v) is 7.88. The van der Waals surface area contributed by atoms with Gasteiger partial charge >= 0.3 is 0 Å². The third-order valence-electron chi connectivity index (χ3n) is 10.3. The minimum absolute atomic E-state index is 0.0241. The Labute approximate surface area is 356 Å². The Morgan fingerprint density at radius 1 is 1.02 bits per heavy atom. The zero-order chi connectivity index (χ0) is 42.3. The quantitative estimate of drug-likeness (QED) is 0.0950. The molecule has 2 aliphatic rings. The van der Waals surface area contributed by atoms with Gasteiger partial charge in [-0.05, 0) is 41.7 Å². The first-order valence-corrected chi connectivity index (χ1v) is 20.5. The van der Waals surface area contributed by atoms with E-state index in [9.17, 15) is 19.2 Å². The lowest BCUT2D eigenvalue weighted by molar-refractivity contribution is -0.123. The molecule has 0 aliphatic carbocycles. The van der Waals surface area contributed by atoms with Gasteiger partial charge in [0.05, 0.1) is 49.4 Å². The molecule has 60 heavy (non-hydrogen) atoms. The van der Waals surface area contributed by atoms with Gasteiger partial charge in [0.2, 0.25) is 11.8 Å². The standard InChI is InChI=1S/C42H46Cl2N10O6/c1-25(2)40-29(22-46-37-18-36(44)51-54(37)40)17-30(55)15-27-16-33(43)41(48-19-27)53-23-28(21-49-53)20-47-38(56)9-11-59-13-14-60-12-10-45-34-6-4-5-31-32(34)24-52(42(31)58)35-7-8-39(57)50-26(35)3/h4-6,16,18-19,21-23,25,35,45H,3,7-15,17,20,24H2,1-2H3,(H,47,56)(H,50,57). The largest absolute Gasteiger partial charge is 0.382 e. The Morgan fingerprint density at radius 2 is 1.83 bits per heavy atom. The fraction of sp³-hybridized carbons (Fsp3) is 0.381. The lowest BCUT2D eigenvalue weighted by Crippen LogP contribution is -2.45. The molecule has 0 saturated carbocycles. The minimum atomic E-state index is -0.225. The van der Waals surface area contributed by atoms with E-state index in [-0.39, 0.29) is 67.9 Å². The van der Waals surface area contributed by atoms with Crippen molar-refractivity contribution in [3.63, 3.8) is 0 Å². The number of ether oxygens (including phenoxy) is 2. The summed E-state index contributed by atoms with van der Waals surface area (Å²) in [5, 5.41) is 18.4. The number of pyridine rings is 1. The van der Waals surface area contributed by atoms with Crippen molar-refractivity contribution in [1.29, 1.82) is 0 Å². The molecule has 1 fully saturated rings. The van der Waals surface area contributed by atoms with E-state index in [1.54, 1.807) is 46.3 Å². The molecule has 3 N–H and O–H groups in total. The van der Waals surface area contributed by atoms with Crippen molar-refractivity contribution in [2.75, 3.05) is 38.3 Å². The summed E-state index contributed by atoms with van der Waals surface area (Å²) in [7, 11) is 0. The van der Waals surface area contributed by atoms with Crippen LogP contribution in [0.15, 0.2) is 67.4 Å². The van der Waals surface area contributed by atoms with Crippen molar-refractivity contribution in [2.45, 2.75) is 71.0 Å². The summed E-state index contributed by atoms with van der Waals surface area (Å²) in [5.41, 5.74) is 6.72. The number of hydrogen-bond donors (Lipinski definition) is 3. The molecule has 1 unspecified atom stereocenters. The number of amides is 3. The number of anilines is 1. The molecule has 4 aromatic heterocycles. The number of carbonyl (C=O) groups is 4. The normalized spacial score (nSPS) is 15.2. The Balaban J connectivity index is 0.776. The number of Topliss-reactive ketones (excluding diaryl/α,β-unsaturated/α-hetero) is 1. The van der Waals surface area contributed by atoms with Crippen molar-refractivity contribution in [3.05, 3.63) is 111 Å². The van der Waals surface area contributed by atoms with Crippen molar-refractivity contribution in [1.82, 2.24) is 44.9 Å². The van der Waals surface area contributed by atoms with Gasteiger partial charge in [-0.3, -0.25) is 19.2 Å². The van der Waals surface area contributed by atoms with Crippen LogP contribution in [0.2, 0.25) is 10.2 Å². The van der Waals surface area contributed by atoms with Gasteiger partial charge in [0, 0.05) is 98.0 Å². The lowest BCUT2D eigenvalue weighted by Gasteiger charge is -2.32. The van der Waals surface area contributed by atoms with Gasteiger partial charge in [0.25, 0.3) is 5.91 Å². The molecule has 2 aliphatic heterocycles. The maximum atomic E-state index is 13.1. The monoisotopic (exact) mass is 856 g/mol. The number of carbonyl (C=O) groups excluding carboxylic acids is 4. The number of ketones is 1. The number of hydrogen-bond acceptors (Lipinski definition) is 11. The number of aromatic nitrogens is 6. The van der Waals surface area contributed by atoms with Gasteiger partial charge < -0.3 is 30.3 Å². The number of fused-ring (bicyclic) bond motifs is 2. The highest BCUT2D eigenvalue weighted by Crippen LogP contribution is 2.33. The topological polar surface area (TPSA) is 187 Å². The minimum Gasteiger partial charge on any atom is -0.382 e. The number of halogens is 2. The van der Waals surface area contributed by atoms with E-state index in [0.717, 1.165) is 28.1 Å². The highest BCUT2D eigenvalue weighted by atomic mass is 35.5. The average molecular weight is 858 g/mol. The zero-order valence-corrected chi connectivity index (χ0v) is 34.9. The fourth-order valence-electron chi connectivity index (χ4n) is 7.43. The first-order valence-electron chi connectivity index (χ1n) is 19.8. The summed E-state index contributed by atoms with van der Waals surface area (Å²) >= 11 is 12.7. The SMILES string of the molecule is C=C1NC(=O)CCC1N1Cc2c(NCCOCCOCCC(=O)NCc3cnn(-c4ncc(CC(=O)Cc5cnc6cc(Cl)nn6c5C(C)C)cc4Cl)c3)cccc2C1=O. The summed E-state index contributed by atoms with van der Waals surface area (Å²) in [4.78, 5) is 61.1. The van der Waals surface area contributed by atoms with Crippen LogP contribution in [0, 0.1) is 0 Å². The highest BCUT2D eigenvalue weighted by molar-refractivity contribution is 6.32. The van der Waals surface area contributed by atoms with Crippen molar-refractivity contribution in [3.8, 4) is 5.82 Å². The molecule has 16 nitrogen and oxygen atoms in total. The summed E-state index contributed by atoms with van der Waals surface area (Å²) < 4.78 is 14.5. The molecule has 3 amide bonds. The molecule has 314 valence electrons. The van der Waals surface area contributed by atoms with E-state index in [0.29, 0.717) is 84.2 Å². The first kappa shape index (κ1) is 42.4. The van der Waals surface area contributed by atoms with Crippen molar-refractivity contribution < 1.29 is 28.7 Å². The Hall–Kier alpha value is -5.68. The second-order valence-electron chi connectivity index (χ2n) is 15.0. The van der Waals surface area contributed by atoms with Crippen molar-refractivity contribution >= 4 is 58.0 Å². The number of rotatable bonds is 19. The van der Waals surface area contributed by atoms with Crippen molar-refractivity contribution in [2.24, 2.45) is 0 Å². The Morgan fingerprint density at radius 3 is 2.62 bits per heavy atom. The van der Waals surface area contributed by atoms with Crippen LogP contribution in [0.5, 0.6) is 0 Å². The molecule has 1 saturated heterocycles. The van der Waals surface area contributed by atoms with Crippen LogP contribution >= 0.6 is 23.2 Å². The van der Waals surface area contributed by atoms with E-state index in [2.05, 4.69) is 42.7 Å². The maximum absolute atomic E-state index is 13.1. The number of nitrogens with zero attached hydrogens (tertiary/aromatic N) is 7. The van der Waals surface area contributed by atoms with Crippen LogP contribution in [0.3, 0.4) is 0 Å². The first-order chi connectivity index (χ1) is 28.9. The summed E-state index contributed by atoms with van der Waals surface area (Å²) in [6, 6.07) is 8.78. The second-order valence-corrected chi connectivity index (χ2v) is 15.8. The smallest absolute Gasteiger partial charge is 0.255 e. The lowest BCUT2D eigenvalue weighted by atomic mass is 9.99. The highest BCUT2D eigenvalue weighted by Gasteiger charge is 2.37. The predicted octanol–water partition coefficient (Wildman–Crippen LogP) is 4.99. The predicted molar refractivity (Wildman–Crippen MR) is 224 cm³/mol. The summed E-state index contributed by atoms with van der Waals surface area (Å²) in [6.07, 6.45) is 8.08. The Kier molecular flexibility index (Phi) is 13.5. The van der Waals surface area contributed by atoms with Crippen LogP contribution in [-0.4, -0.2) is 96.8 Å². The molecule has 0 radical (unpaired) electrons. The van der Waals surface area contributed by atoms with Crippen LogP contribution in [-0.2, 0) is 49.8 Å². The molecular weight excluding hydrogens is 811 g/mol. The van der Waals surface area contributed by atoms with Gasteiger partial charge in [0.1, 0.15) is 5.78 Å². The third kappa shape index (κ3) is 10.0.